The SMILES string of the molecule is O=C(c1ccc2ncoc2c1)c1nc2ccccc2c(=O)n1N1CCNCC1. The zero-order valence-electron chi connectivity index (χ0n) is 15.0. The van der Waals surface area contributed by atoms with Gasteiger partial charge < -0.3 is 14.7 Å². The predicted octanol–water partition coefficient (Wildman–Crippen LogP) is 1.31. The van der Waals surface area contributed by atoms with Crippen molar-refractivity contribution in [2.24, 2.45) is 0 Å². The molecule has 1 N–H and O–H groups in total. The van der Waals surface area contributed by atoms with Crippen LogP contribution in [0.15, 0.2) is 58.1 Å². The maximum absolute atomic E-state index is 13.3. The van der Waals surface area contributed by atoms with E-state index in [0.29, 0.717) is 40.7 Å². The number of aromatic nitrogens is 3. The normalized spacial score (nSPS) is 14.6. The molecule has 0 spiro atoms. The Labute approximate surface area is 159 Å². The Hall–Kier alpha value is -3.52. The van der Waals surface area contributed by atoms with Crippen molar-refractivity contribution in [2.75, 3.05) is 31.2 Å². The van der Waals surface area contributed by atoms with Crippen LogP contribution < -0.4 is 15.9 Å². The second kappa shape index (κ2) is 6.58. The quantitative estimate of drug-likeness (QED) is 0.540. The Bertz CT molecular complexity index is 1250. The molecule has 2 aromatic heterocycles. The number of carbonyl (C=O) groups excluding carboxylic acids is 1. The minimum atomic E-state index is -0.334. The van der Waals surface area contributed by atoms with Gasteiger partial charge in [0.2, 0.25) is 11.6 Å². The fraction of sp³-hybridized carbons (Fsp3) is 0.200. The maximum Gasteiger partial charge on any atom is 0.280 e. The highest BCUT2D eigenvalue weighted by atomic mass is 16.3. The number of nitrogens with one attached hydrogen (secondary N) is 1. The maximum atomic E-state index is 13.3. The van der Waals surface area contributed by atoms with Gasteiger partial charge in [0, 0.05) is 31.7 Å². The zero-order valence-corrected chi connectivity index (χ0v) is 15.0. The third-order valence-electron chi connectivity index (χ3n) is 4.93. The summed E-state index contributed by atoms with van der Waals surface area (Å²) in [7, 11) is 0. The number of ketones is 1. The Morgan fingerprint density at radius 3 is 2.75 bits per heavy atom. The van der Waals surface area contributed by atoms with E-state index in [9.17, 15) is 9.59 Å². The summed E-state index contributed by atoms with van der Waals surface area (Å²) in [4.78, 5) is 35.2. The summed E-state index contributed by atoms with van der Waals surface area (Å²) in [5, 5.41) is 5.62. The Morgan fingerprint density at radius 2 is 1.89 bits per heavy atom. The highest BCUT2D eigenvalue weighted by Gasteiger charge is 2.24. The molecular formula is C20H17N5O3. The summed E-state index contributed by atoms with van der Waals surface area (Å²) < 4.78 is 6.74. The monoisotopic (exact) mass is 375 g/mol. The van der Waals surface area contributed by atoms with Crippen LogP contribution in [-0.4, -0.2) is 46.6 Å². The van der Waals surface area contributed by atoms with Gasteiger partial charge in [0.15, 0.2) is 12.0 Å². The van der Waals surface area contributed by atoms with Gasteiger partial charge in [0.1, 0.15) is 5.52 Å². The summed E-state index contributed by atoms with van der Waals surface area (Å²) >= 11 is 0. The molecule has 4 aromatic rings. The lowest BCUT2D eigenvalue weighted by atomic mass is 10.1. The molecule has 0 atom stereocenters. The molecule has 0 radical (unpaired) electrons. The van der Waals surface area contributed by atoms with Crippen LogP contribution >= 0.6 is 0 Å². The molecule has 0 saturated carbocycles. The van der Waals surface area contributed by atoms with E-state index in [1.807, 2.05) is 5.01 Å². The lowest BCUT2D eigenvalue weighted by Crippen LogP contribution is -2.54. The van der Waals surface area contributed by atoms with Crippen molar-refractivity contribution in [2.45, 2.75) is 0 Å². The van der Waals surface area contributed by atoms with E-state index in [0.717, 1.165) is 13.1 Å². The number of carbonyl (C=O) groups is 1. The molecule has 28 heavy (non-hydrogen) atoms. The average Bonchev–Trinajstić information content (AvgIpc) is 3.21. The number of rotatable bonds is 3. The summed E-state index contributed by atoms with van der Waals surface area (Å²) in [6.07, 6.45) is 1.34. The van der Waals surface area contributed by atoms with E-state index < -0.39 is 0 Å². The van der Waals surface area contributed by atoms with Crippen molar-refractivity contribution in [1.82, 2.24) is 20.0 Å². The highest BCUT2D eigenvalue weighted by Crippen LogP contribution is 2.18. The van der Waals surface area contributed by atoms with Gasteiger partial charge in [-0.05, 0) is 30.3 Å². The molecule has 1 saturated heterocycles. The largest absolute Gasteiger partial charge is 0.443 e. The number of hydrogen-bond donors (Lipinski definition) is 1. The molecule has 0 aliphatic carbocycles. The van der Waals surface area contributed by atoms with Gasteiger partial charge in [-0.3, -0.25) is 9.59 Å². The molecular weight excluding hydrogens is 358 g/mol. The van der Waals surface area contributed by atoms with E-state index >= 15 is 0 Å². The first-order chi connectivity index (χ1) is 13.7. The number of hydrogen-bond acceptors (Lipinski definition) is 7. The lowest BCUT2D eigenvalue weighted by Gasteiger charge is -2.31. The summed E-state index contributed by atoms with van der Waals surface area (Å²) in [5.74, 6) is -0.232. The van der Waals surface area contributed by atoms with Crippen molar-refractivity contribution in [1.29, 1.82) is 0 Å². The smallest absolute Gasteiger partial charge is 0.280 e. The van der Waals surface area contributed by atoms with E-state index in [-0.39, 0.29) is 17.2 Å². The number of fused-ring (bicyclic) bond motifs is 2. The van der Waals surface area contributed by atoms with Crippen LogP contribution in [0.2, 0.25) is 0 Å². The molecule has 0 unspecified atom stereocenters. The number of para-hydroxylation sites is 1. The predicted molar refractivity (Wildman–Crippen MR) is 104 cm³/mol. The second-order valence-electron chi connectivity index (χ2n) is 6.64. The first kappa shape index (κ1) is 16.6. The van der Waals surface area contributed by atoms with Crippen LogP contribution in [0, 0.1) is 0 Å². The van der Waals surface area contributed by atoms with Gasteiger partial charge in [0.05, 0.1) is 10.9 Å². The summed E-state index contributed by atoms with van der Waals surface area (Å²) in [6.45, 7) is 2.69. The van der Waals surface area contributed by atoms with Gasteiger partial charge in [-0.2, -0.15) is 4.68 Å². The molecule has 8 nitrogen and oxygen atoms in total. The molecule has 3 heterocycles. The van der Waals surface area contributed by atoms with Crippen LogP contribution in [0.1, 0.15) is 16.2 Å². The van der Waals surface area contributed by atoms with Gasteiger partial charge in [-0.15, -0.1) is 0 Å². The van der Waals surface area contributed by atoms with Crippen molar-refractivity contribution in [3.05, 3.63) is 70.6 Å². The third-order valence-corrected chi connectivity index (χ3v) is 4.93. The average molecular weight is 375 g/mol. The van der Waals surface area contributed by atoms with Gasteiger partial charge in [-0.25, -0.2) is 9.97 Å². The first-order valence-corrected chi connectivity index (χ1v) is 9.08. The molecule has 1 aliphatic rings. The van der Waals surface area contributed by atoms with Crippen molar-refractivity contribution >= 4 is 27.8 Å². The summed E-state index contributed by atoms with van der Waals surface area (Å²) in [6, 6.07) is 12.1. The van der Waals surface area contributed by atoms with Crippen LogP contribution in [-0.2, 0) is 0 Å². The van der Waals surface area contributed by atoms with E-state index in [1.54, 1.807) is 42.5 Å². The molecule has 0 bridgehead atoms. The van der Waals surface area contributed by atoms with Gasteiger partial charge >= 0.3 is 0 Å². The van der Waals surface area contributed by atoms with Crippen LogP contribution in [0.5, 0.6) is 0 Å². The van der Waals surface area contributed by atoms with E-state index in [1.165, 1.54) is 11.1 Å². The van der Waals surface area contributed by atoms with E-state index in [2.05, 4.69) is 15.3 Å². The molecule has 2 aromatic carbocycles. The lowest BCUT2D eigenvalue weighted by molar-refractivity contribution is 0.102. The Balaban J connectivity index is 1.72. The van der Waals surface area contributed by atoms with Crippen LogP contribution in [0.4, 0.5) is 0 Å². The number of benzene rings is 2. The number of piperazine rings is 1. The highest BCUT2D eigenvalue weighted by molar-refractivity contribution is 6.08. The molecule has 1 fully saturated rings. The molecule has 5 rings (SSSR count). The minimum Gasteiger partial charge on any atom is -0.443 e. The summed E-state index contributed by atoms with van der Waals surface area (Å²) in [5.41, 5.74) is 1.85. The fourth-order valence-electron chi connectivity index (χ4n) is 3.51. The van der Waals surface area contributed by atoms with Crippen molar-refractivity contribution < 1.29 is 9.21 Å². The second-order valence-corrected chi connectivity index (χ2v) is 6.64. The minimum absolute atomic E-state index is 0.101. The Morgan fingerprint density at radius 1 is 1.07 bits per heavy atom. The van der Waals surface area contributed by atoms with Crippen molar-refractivity contribution in [3.8, 4) is 0 Å². The molecule has 140 valence electrons. The topological polar surface area (TPSA) is 93.3 Å². The van der Waals surface area contributed by atoms with Crippen LogP contribution in [0.25, 0.3) is 22.0 Å². The molecule has 0 amide bonds. The number of oxazole rings is 1. The standard InChI is InChI=1S/C20H17N5O3/c26-18(13-5-6-16-17(11-13)28-12-22-16)19-23-15-4-2-1-3-14(15)20(27)25(19)24-9-7-21-8-10-24/h1-6,11-12,21H,7-10H2. The van der Waals surface area contributed by atoms with E-state index in [4.69, 9.17) is 4.42 Å². The number of nitrogens with zero attached hydrogens (tertiary/aromatic N) is 4. The fourth-order valence-corrected chi connectivity index (χ4v) is 3.51. The van der Waals surface area contributed by atoms with Crippen molar-refractivity contribution in [3.63, 3.8) is 0 Å². The van der Waals surface area contributed by atoms with Crippen LogP contribution in [0.3, 0.4) is 0 Å². The van der Waals surface area contributed by atoms with Gasteiger partial charge in [0.25, 0.3) is 5.56 Å². The Kier molecular flexibility index (Phi) is 3.91. The third kappa shape index (κ3) is 2.66. The zero-order chi connectivity index (χ0) is 19.1. The molecule has 8 heteroatoms. The first-order valence-electron chi connectivity index (χ1n) is 9.08. The van der Waals surface area contributed by atoms with Gasteiger partial charge in [-0.1, -0.05) is 12.1 Å². The molecule has 1 aliphatic heterocycles.